The molecule has 0 atom stereocenters. The van der Waals surface area contributed by atoms with Gasteiger partial charge in [-0.2, -0.15) is 0 Å². The molecule has 7 aromatic carbocycles. The second-order valence-electron chi connectivity index (χ2n) is 14.4. The standard InChI is InChI=1S/C48H32N4O/c1-48(2)36-25-12-9-22-33(36)39-40-34-23-10-13-26-37(34)52(43(40)44-41(42(39)48)35-24-11-14-27-38(35)53-44)32-21-15-20-31(28-32)47-50-45(29-16-5-3-6-17-29)49-46(51-47)30-18-7-4-8-19-30/h3-28H,1-2H3. The molecule has 1 aliphatic rings. The molecule has 0 amide bonds. The highest BCUT2D eigenvalue weighted by Crippen LogP contribution is 2.58. The minimum atomic E-state index is -0.222. The van der Waals surface area contributed by atoms with E-state index in [1.807, 2.05) is 60.7 Å². The van der Waals surface area contributed by atoms with Crippen molar-refractivity contribution in [2.75, 3.05) is 0 Å². The van der Waals surface area contributed by atoms with E-state index in [0.717, 1.165) is 50.0 Å². The number of aromatic nitrogens is 4. The van der Waals surface area contributed by atoms with Gasteiger partial charge in [0.15, 0.2) is 23.1 Å². The van der Waals surface area contributed by atoms with Crippen molar-refractivity contribution in [3.8, 4) is 51.0 Å². The van der Waals surface area contributed by atoms with Crippen LogP contribution in [0.15, 0.2) is 162 Å². The Morgan fingerprint density at radius 2 is 1.11 bits per heavy atom. The Balaban J connectivity index is 1.23. The van der Waals surface area contributed by atoms with Gasteiger partial charge in [-0.3, -0.25) is 0 Å². The molecule has 5 heteroatoms. The van der Waals surface area contributed by atoms with Crippen LogP contribution in [0.1, 0.15) is 25.0 Å². The average Bonchev–Trinajstić information content (AvgIpc) is 3.84. The number of rotatable bonds is 4. The molecule has 0 radical (unpaired) electrons. The van der Waals surface area contributed by atoms with Gasteiger partial charge in [0.05, 0.1) is 11.0 Å². The maximum Gasteiger partial charge on any atom is 0.164 e. The Labute approximate surface area is 305 Å². The van der Waals surface area contributed by atoms with E-state index >= 15 is 0 Å². The summed E-state index contributed by atoms with van der Waals surface area (Å²) in [5.74, 6) is 1.89. The van der Waals surface area contributed by atoms with E-state index in [1.54, 1.807) is 0 Å². The van der Waals surface area contributed by atoms with E-state index in [4.69, 9.17) is 19.4 Å². The second-order valence-corrected chi connectivity index (χ2v) is 14.4. The zero-order valence-electron chi connectivity index (χ0n) is 29.2. The van der Waals surface area contributed by atoms with Gasteiger partial charge in [-0.15, -0.1) is 0 Å². The molecule has 0 saturated carbocycles. The average molecular weight is 681 g/mol. The summed E-state index contributed by atoms with van der Waals surface area (Å²) in [5, 5.41) is 4.72. The Bertz CT molecular complexity index is 3020. The first kappa shape index (κ1) is 29.8. The van der Waals surface area contributed by atoms with Crippen LogP contribution in [0.25, 0.3) is 94.7 Å². The van der Waals surface area contributed by atoms with Crippen LogP contribution in [0.5, 0.6) is 0 Å². The lowest BCUT2D eigenvalue weighted by atomic mass is 9.80. The fraction of sp³-hybridized carbons (Fsp3) is 0.0625. The highest BCUT2D eigenvalue weighted by molar-refractivity contribution is 6.29. The van der Waals surface area contributed by atoms with Gasteiger partial charge in [-0.1, -0.05) is 147 Å². The summed E-state index contributed by atoms with van der Waals surface area (Å²) in [5.41, 5.74) is 12.8. The van der Waals surface area contributed by atoms with Crippen LogP contribution in [-0.4, -0.2) is 19.5 Å². The van der Waals surface area contributed by atoms with Crippen molar-refractivity contribution in [2.45, 2.75) is 19.3 Å². The van der Waals surface area contributed by atoms with Crippen molar-refractivity contribution in [2.24, 2.45) is 0 Å². The van der Waals surface area contributed by atoms with Crippen LogP contribution in [0.3, 0.4) is 0 Å². The van der Waals surface area contributed by atoms with Crippen LogP contribution < -0.4 is 0 Å². The minimum absolute atomic E-state index is 0.222. The minimum Gasteiger partial charge on any atom is -0.454 e. The van der Waals surface area contributed by atoms with Crippen LogP contribution in [-0.2, 0) is 5.41 Å². The van der Waals surface area contributed by atoms with Gasteiger partial charge in [0, 0.05) is 49.3 Å². The SMILES string of the molecule is CC1(C)c2ccccc2-c2c1c1c3ccccc3oc1c1c2c2ccccc2n1-c1cccc(-c2nc(-c3ccccc3)nc(-c3ccccc3)n2)c1. The van der Waals surface area contributed by atoms with E-state index in [9.17, 15) is 0 Å². The van der Waals surface area contributed by atoms with Crippen LogP contribution in [0.2, 0.25) is 0 Å². The lowest BCUT2D eigenvalue weighted by Gasteiger charge is -2.22. The van der Waals surface area contributed by atoms with Gasteiger partial charge < -0.3 is 8.98 Å². The van der Waals surface area contributed by atoms with Crippen molar-refractivity contribution in [1.82, 2.24) is 19.5 Å². The third-order valence-electron chi connectivity index (χ3n) is 11.0. The molecule has 5 nitrogen and oxygen atoms in total. The topological polar surface area (TPSA) is 56.7 Å². The molecule has 0 saturated heterocycles. The van der Waals surface area contributed by atoms with E-state index < -0.39 is 0 Å². The molecular weight excluding hydrogens is 649 g/mol. The number of furan rings is 1. The molecule has 250 valence electrons. The summed E-state index contributed by atoms with van der Waals surface area (Å²) in [6.07, 6.45) is 0. The van der Waals surface area contributed by atoms with E-state index in [1.165, 1.54) is 38.4 Å². The largest absolute Gasteiger partial charge is 0.454 e. The molecule has 10 aromatic rings. The number of para-hydroxylation sites is 2. The fourth-order valence-electron chi connectivity index (χ4n) is 8.68. The summed E-state index contributed by atoms with van der Waals surface area (Å²) < 4.78 is 9.34. The maximum absolute atomic E-state index is 6.97. The maximum atomic E-state index is 6.97. The van der Waals surface area contributed by atoms with E-state index in [0.29, 0.717) is 17.5 Å². The molecule has 3 heterocycles. The highest BCUT2D eigenvalue weighted by atomic mass is 16.3. The number of hydrogen-bond acceptors (Lipinski definition) is 4. The zero-order chi connectivity index (χ0) is 35.3. The second kappa shape index (κ2) is 11.1. The Kier molecular flexibility index (Phi) is 6.23. The molecule has 0 N–H and O–H groups in total. The van der Waals surface area contributed by atoms with Crippen LogP contribution >= 0.6 is 0 Å². The van der Waals surface area contributed by atoms with Crippen molar-refractivity contribution in [3.63, 3.8) is 0 Å². The smallest absolute Gasteiger partial charge is 0.164 e. The number of fused-ring (bicyclic) bond motifs is 12. The number of nitrogens with zero attached hydrogens (tertiary/aromatic N) is 4. The lowest BCUT2D eigenvalue weighted by molar-refractivity contribution is 0.658. The van der Waals surface area contributed by atoms with Gasteiger partial charge in [-0.05, 0) is 46.5 Å². The molecule has 0 spiro atoms. The predicted molar refractivity (Wildman–Crippen MR) is 215 cm³/mol. The number of benzene rings is 7. The molecule has 0 unspecified atom stereocenters. The number of hydrogen-bond donors (Lipinski definition) is 0. The summed E-state index contributed by atoms with van der Waals surface area (Å²) in [6, 6.07) is 54.9. The molecule has 11 rings (SSSR count). The molecule has 3 aromatic heterocycles. The fourth-order valence-corrected chi connectivity index (χ4v) is 8.68. The van der Waals surface area contributed by atoms with Crippen molar-refractivity contribution in [3.05, 3.63) is 169 Å². The third kappa shape index (κ3) is 4.28. The molecular formula is C48H32N4O. The summed E-state index contributed by atoms with van der Waals surface area (Å²) in [6.45, 7) is 4.71. The molecule has 0 bridgehead atoms. The van der Waals surface area contributed by atoms with Crippen molar-refractivity contribution < 1.29 is 4.42 Å². The molecule has 53 heavy (non-hydrogen) atoms. The summed E-state index contributed by atoms with van der Waals surface area (Å²) in [7, 11) is 0. The molecule has 0 fully saturated rings. The van der Waals surface area contributed by atoms with Crippen LogP contribution in [0.4, 0.5) is 0 Å². The van der Waals surface area contributed by atoms with Crippen molar-refractivity contribution in [1.29, 1.82) is 0 Å². The van der Waals surface area contributed by atoms with Crippen LogP contribution in [0, 0.1) is 0 Å². The van der Waals surface area contributed by atoms with Crippen molar-refractivity contribution >= 4 is 43.7 Å². The normalized spacial score (nSPS) is 13.2. The first-order valence-corrected chi connectivity index (χ1v) is 18.0. The predicted octanol–water partition coefficient (Wildman–Crippen LogP) is 12.2. The highest BCUT2D eigenvalue weighted by Gasteiger charge is 2.41. The van der Waals surface area contributed by atoms with Gasteiger partial charge >= 0.3 is 0 Å². The van der Waals surface area contributed by atoms with Gasteiger partial charge in [0.2, 0.25) is 0 Å². The zero-order valence-corrected chi connectivity index (χ0v) is 29.2. The quantitative estimate of drug-likeness (QED) is 0.186. The van der Waals surface area contributed by atoms with E-state index in [2.05, 4.69) is 115 Å². The first-order valence-electron chi connectivity index (χ1n) is 18.0. The molecule has 1 aliphatic carbocycles. The Hall–Kier alpha value is -6.85. The van der Waals surface area contributed by atoms with Gasteiger partial charge in [0.1, 0.15) is 5.58 Å². The first-order chi connectivity index (χ1) is 26.1. The Morgan fingerprint density at radius 3 is 1.85 bits per heavy atom. The molecule has 0 aliphatic heterocycles. The summed E-state index contributed by atoms with van der Waals surface area (Å²) in [4.78, 5) is 15.1. The van der Waals surface area contributed by atoms with Gasteiger partial charge in [0.25, 0.3) is 0 Å². The third-order valence-corrected chi connectivity index (χ3v) is 11.0. The van der Waals surface area contributed by atoms with E-state index in [-0.39, 0.29) is 5.41 Å². The monoisotopic (exact) mass is 680 g/mol. The van der Waals surface area contributed by atoms with Gasteiger partial charge in [-0.25, -0.2) is 15.0 Å². The summed E-state index contributed by atoms with van der Waals surface area (Å²) >= 11 is 0. The lowest BCUT2D eigenvalue weighted by Crippen LogP contribution is -2.15. The Morgan fingerprint density at radius 1 is 0.528 bits per heavy atom.